The molecule has 1 amide bonds. The number of rotatable bonds is 9. The molecule has 2 N–H and O–H groups in total. The Balaban J connectivity index is 2.51. The van der Waals surface area contributed by atoms with E-state index in [1.807, 2.05) is 0 Å². The van der Waals surface area contributed by atoms with E-state index in [0.717, 1.165) is 12.1 Å². The van der Waals surface area contributed by atoms with Crippen molar-refractivity contribution in [2.75, 3.05) is 30.5 Å². The molecule has 26 heavy (non-hydrogen) atoms. The highest BCUT2D eigenvalue weighted by Crippen LogP contribution is 2.17. The van der Waals surface area contributed by atoms with Crippen molar-refractivity contribution in [3.05, 3.63) is 24.3 Å². The van der Waals surface area contributed by atoms with Crippen molar-refractivity contribution in [1.29, 1.82) is 0 Å². The molecule has 7 nitrogen and oxygen atoms in total. The Bertz CT molecular complexity index is 721. The number of benzene rings is 1. The Morgan fingerprint density at radius 3 is 2.35 bits per heavy atom. The topological polar surface area (TPSA) is 102 Å². The lowest BCUT2D eigenvalue weighted by Crippen LogP contribution is -2.33. The van der Waals surface area contributed by atoms with Crippen molar-refractivity contribution in [2.24, 2.45) is 0 Å². The molecule has 0 spiro atoms. The summed E-state index contributed by atoms with van der Waals surface area (Å²) in [5, 5.41) is 2.52. The number of carbonyl (C=O) groups excluding carboxylic acids is 2. The number of esters is 1. The van der Waals surface area contributed by atoms with E-state index in [2.05, 4.69) is 10.1 Å². The highest BCUT2D eigenvalue weighted by molar-refractivity contribution is 7.99. The standard InChI is InChI=1S/C14H17F3N2O5S2/c1-24-13(21)8-25-7-6-12(20)19-10-2-4-11(5-3-10)26(22,23)18-9-14(15,16)17/h2-5,18H,6-9H2,1H3,(H,19,20). The van der Waals surface area contributed by atoms with Gasteiger partial charge in [-0.2, -0.15) is 13.2 Å². The molecular formula is C14H17F3N2O5S2. The van der Waals surface area contributed by atoms with Crippen LogP contribution in [0.4, 0.5) is 18.9 Å². The average Bonchev–Trinajstić information content (AvgIpc) is 2.56. The number of halogens is 3. The number of alkyl halides is 3. The number of ether oxygens (including phenoxy) is 1. The lowest BCUT2D eigenvalue weighted by Gasteiger charge is -2.10. The maximum atomic E-state index is 12.1. The Labute approximate surface area is 152 Å². The van der Waals surface area contributed by atoms with E-state index in [-0.39, 0.29) is 23.0 Å². The number of amides is 1. The molecule has 0 aliphatic heterocycles. The molecule has 0 saturated carbocycles. The number of anilines is 1. The van der Waals surface area contributed by atoms with E-state index in [0.29, 0.717) is 11.4 Å². The smallest absolute Gasteiger partial charge is 0.402 e. The number of hydrogen-bond donors (Lipinski definition) is 2. The number of methoxy groups -OCH3 is 1. The Kier molecular flexibility index (Phi) is 8.37. The highest BCUT2D eigenvalue weighted by atomic mass is 32.2. The van der Waals surface area contributed by atoms with Gasteiger partial charge in [-0.1, -0.05) is 0 Å². The van der Waals surface area contributed by atoms with Crippen LogP contribution < -0.4 is 10.0 Å². The van der Waals surface area contributed by atoms with Gasteiger partial charge < -0.3 is 10.1 Å². The molecule has 1 rings (SSSR count). The Morgan fingerprint density at radius 1 is 1.19 bits per heavy atom. The molecule has 1 aromatic rings. The number of nitrogens with one attached hydrogen (secondary N) is 2. The lowest BCUT2D eigenvalue weighted by atomic mass is 10.3. The van der Waals surface area contributed by atoms with E-state index in [9.17, 15) is 31.2 Å². The van der Waals surface area contributed by atoms with Crippen molar-refractivity contribution < 1.29 is 35.9 Å². The summed E-state index contributed by atoms with van der Waals surface area (Å²) in [6.07, 6.45) is -4.54. The first kappa shape index (κ1) is 22.3. The van der Waals surface area contributed by atoms with E-state index < -0.39 is 28.7 Å². The van der Waals surface area contributed by atoms with Crippen LogP contribution in [0.5, 0.6) is 0 Å². The van der Waals surface area contributed by atoms with Crippen LogP contribution in [-0.4, -0.2) is 51.6 Å². The second-order valence-electron chi connectivity index (χ2n) is 4.89. The molecule has 0 aliphatic rings. The van der Waals surface area contributed by atoms with Gasteiger partial charge in [0.2, 0.25) is 15.9 Å². The van der Waals surface area contributed by atoms with Crippen LogP contribution in [0.2, 0.25) is 0 Å². The molecule has 0 fully saturated rings. The minimum Gasteiger partial charge on any atom is -0.468 e. The van der Waals surface area contributed by atoms with E-state index >= 15 is 0 Å². The zero-order valence-electron chi connectivity index (χ0n) is 13.6. The fourth-order valence-electron chi connectivity index (χ4n) is 1.58. The van der Waals surface area contributed by atoms with Crippen LogP contribution in [0, 0.1) is 0 Å². The van der Waals surface area contributed by atoms with Crippen molar-refractivity contribution in [1.82, 2.24) is 4.72 Å². The van der Waals surface area contributed by atoms with Crippen LogP contribution >= 0.6 is 11.8 Å². The van der Waals surface area contributed by atoms with Gasteiger partial charge in [-0.05, 0) is 24.3 Å². The summed E-state index contributed by atoms with van der Waals surface area (Å²) in [5.74, 6) is -0.241. The fraction of sp³-hybridized carbons (Fsp3) is 0.429. The third-order valence-electron chi connectivity index (χ3n) is 2.83. The third-order valence-corrected chi connectivity index (χ3v) is 5.18. The molecule has 0 aromatic heterocycles. The molecule has 0 heterocycles. The summed E-state index contributed by atoms with van der Waals surface area (Å²) in [7, 11) is -3.03. The summed E-state index contributed by atoms with van der Waals surface area (Å²) in [6.45, 7) is -1.67. The predicted octanol–water partition coefficient (Wildman–Crippen LogP) is 1.76. The van der Waals surface area contributed by atoms with Gasteiger partial charge in [-0.15, -0.1) is 11.8 Å². The highest BCUT2D eigenvalue weighted by Gasteiger charge is 2.30. The minimum atomic E-state index is -4.66. The van der Waals surface area contributed by atoms with Gasteiger partial charge in [0, 0.05) is 17.9 Å². The first-order valence-corrected chi connectivity index (χ1v) is 9.78. The van der Waals surface area contributed by atoms with Crippen LogP contribution in [-0.2, 0) is 24.3 Å². The van der Waals surface area contributed by atoms with Gasteiger partial charge in [0.15, 0.2) is 0 Å². The largest absolute Gasteiger partial charge is 0.468 e. The summed E-state index contributed by atoms with van der Waals surface area (Å²) in [4.78, 5) is 22.3. The Morgan fingerprint density at radius 2 is 1.81 bits per heavy atom. The molecule has 146 valence electrons. The van der Waals surface area contributed by atoms with Gasteiger partial charge in [0.1, 0.15) is 6.54 Å². The number of carbonyl (C=O) groups is 2. The van der Waals surface area contributed by atoms with Gasteiger partial charge >= 0.3 is 12.1 Å². The summed E-state index contributed by atoms with van der Waals surface area (Å²) >= 11 is 1.22. The molecule has 0 bridgehead atoms. The normalized spacial score (nSPS) is 11.8. The van der Waals surface area contributed by atoms with Gasteiger partial charge in [0.05, 0.1) is 17.8 Å². The summed E-state index contributed by atoms with van der Waals surface area (Å²) in [5.41, 5.74) is 0.294. The maximum Gasteiger partial charge on any atom is 0.402 e. The van der Waals surface area contributed by atoms with E-state index in [1.54, 1.807) is 0 Å². The van der Waals surface area contributed by atoms with Crippen molar-refractivity contribution >= 4 is 39.3 Å². The second kappa shape index (κ2) is 9.78. The zero-order valence-corrected chi connectivity index (χ0v) is 15.3. The van der Waals surface area contributed by atoms with E-state index in [1.165, 1.54) is 35.7 Å². The van der Waals surface area contributed by atoms with Crippen molar-refractivity contribution in [3.63, 3.8) is 0 Å². The molecule has 12 heteroatoms. The van der Waals surface area contributed by atoms with Crippen molar-refractivity contribution in [3.8, 4) is 0 Å². The number of thioether (sulfide) groups is 1. The second-order valence-corrected chi connectivity index (χ2v) is 7.76. The van der Waals surface area contributed by atoms with Crippen LogP contribution in [0.25, 0.3) is 0 Å². The maximum absolute atomic E-state index is 12.1. The van der Waals surface area contributed by atoms with Crippen LogP contribution in [0.3, 0.4) is 0 Å². The van der Waals surface area contributed by atoms with Gasteiger partial charge in [-0.25, -0.2) is 13.1 Å². The quantitative estimate of drug-likeness (QED) is 0.472. The molecule has 0 aliphatic carbocycles. The average molecular weight is 414 g/mol. The monoisotopic (exact) mass is 414 g/mol. The first-order valence-electron chi connectivity index (χ1n) is 7.14. The van der Waals surface area contributed by atoms with Crippen molar-refractivity contribution in [2.45, 2.75) is 17.5 Å². The van der Waals surface area contributed by atoms with Crippen LogP contribution in [0.1, 0.15) is 6.42 Å². The summed E-state index contributed by atoms with van der Waals surface area (Å²) in [6, 6.07) is 4.70. The molecule has 1 aromatic carbocycles. The Hall–Kier alpha value is -1.79. The predicted molar refractivity (Wildman–Crippen MR) is 90.3 cm³/mol. The zero-order chi connectivity index (χ0) is 19.8. The number of sulfonamides is 1. The SMILES string of the molecule is COC(=O)CSCCC(=O)Nc1ccc(S(=O)(=O)NCC(F)(F)F)cc1. The first-order chi connectivity index (χ1) is 12.0. The fourth-order valence-corrected chi connectivity index (χ4v) is 3.35. The minimum absolute atomic E-state index is 0.120. The molecule has 0 saturated heterocycles. The summed E-state index contributed by atoms with van der Waals surface area (Å²) < 4.78 is 65.6. The van der Waals surface area contributed by atoms with Gasteiger partial charge in [-0.3, -0.25) is 9.59 Å². The molecule has 0 unspecified atom stereocenters. The van der Waals surface area contributed by atoms with Crippen LogP contribution in [0.15, 0.2) is 29.2 Å². The van der Waals surface area contributed by atoms with E-state index in [4.69, 9.17) is 0 Å². The third kappa shape index (κ3) is 8.54. The lowest BCUT2D eigenvalue weighted by molar-refractivity contribution is -0.137. The van der Waals surface area contributed by atoms with Gasteiger partial charge in [0.25, 0.3) is 0 Å². The number of hydrogen-bond acceptors (Lipinski definition) is 6. The molecule has 0 atom stereocenters. The molecule has 0 radical (unpaired) electrons. The molecular weight excluding hydrogens is 397 g/mol.